The predicted molar refractivity (Wildman–Crippen MR) is 89.0 cm³/mol. The SMILES string of the molecule is CC1(C)OC(=O)C([C@@H](c2ccccc2)[C@H](C#N)C(=N)C(C#N)C#N)=C([O-])O1. The Balaban J connectivity index is 2.66. The Labute approximate surface area is 156 Å². The number of carbonyl (C=O) groups excluding carboxylic acids is 1. The average molecular weight is 363 g/mol. The highest BCUT2D eigenvalue weighted by Gasteiger charge is 2.41. The molecule has 0 radical (unpaired) electrons. The van der Waals surface area contributed by atoms with Crippen molar-refractivity contribution in [3.8, 4) is 18.2 Å². The van der Waals surface area contributed by atoms with Gasteiger partial charge in [-0.15, -0.1) is 0 Å². The summed E-state index contributed by atoms with van der Waals surface area (Å²) in [5.41, 5.74) is -0.576. The molecule has 1 aromatic rings. The third kappa shape index (κ3) is 3.89. The van der Waals surface area contributed by atoms with Crippen molar-refractivity contribution in [3.05, 3.63) is 47.4 Å². The molecular weight excluding hydrogens is 348 g/mol. The number of nitrogens with one attached hydrogen (secondary N) is 1. The Morgan fingerprint density at radius 2 is 1.70 bits per heavy atom. The lowest BCUT2D eigenvalue weighted by Crippen LogP contribution is -2.43. The molecule has 1 N–H and O–H groups in total. The lowest BCUT2D eigenvalue weighted by Gasteiger charge is -2.41. The van der Waals surface area contributed by atoms with E-state index < -0.39 is 46.7 Å². The molecule has 0 aliphatic carbocycles. The van der Waals surface area contributed by atoms with E-state index in [0.717, 1.165) is 0 Å². The normalized spacial score (nSPS) is 17.6. The van der Waals surface area contributed by atoms with Gasteiger partial charge in [-0.1, -0.05) is 30.3 Å². The van der Waals surface area contributed by atoms with Gasteiger partial charge in [-0.25, -0.2) is 4.79 Å². The highest BCUT2D eigenvalue weighted by molar-refractivity contribution is 5.97. The Bertz CT molecular complexity index is 902. The number of benzene rings is 1. The highest BCUT2D eigenvalue weighted by atomic mass is 16.8. The van der Waals surface area contributed by atoms with Crippen LogP contribution in [0.5, 0.6) is 0 Å². The number of nitrogens with zero attached hydrogens (tertiary/aromatic N) is 3. The fourth-order valence-corrected chi connectivity index (χ4v) is 2.77. The number of hydrogen-bond acceptors (Lipinski definition) is 8. The van der Waals surface area contributed by atoms with Crippen molar-refractivity contribution in [2.75, 3.05) is 0 Å². The van der Waals surface area contributed by atoms with Gasteiger partial charge in [0.15, 0.2) is 11.7 Å². The highest BCUT2D eigenvalue weighted by Crippen LogP contribution is 2.39. The third-order valence-electron chi connectivity index (χ3n) is 3.96. The summed E-state index contributed by atoms with van der Waals surface area (Å²) < 4.78 is 10.2. The first-order valence-electron chi connectivity index (χ1n) is 7.91. The zero-order chi connectivity index (χ0) is 20.2. The van der Waals surface area contributed by atoms with E-state index in [4.69, 9.17) is 25.4 Å². The van der Waals surface area contributed by atoms with E-state index in [9.17, 15) is 15.2 Å². The van der Waals surface area contributed by atoms with E-state index in [1.807, 2.05) is 6.07 Å². The van der Waals surface area contributed by atoms with E-state index in [0.29, 0.717) is 5.56 Å². The maximum absolute atomic E-state index is 12.5. The van der Waals surface area contributed by atoms with Crippen LogP contribution in [0.3, 0.4) is 0 Å². The quantitative estimate of drug-likeness (QED) is 0.613. The van der Waals surface area contributed by atoms with Crippen LogP contribution < -0.4 is 5.11 Å². The van der Waals surface area contributed by atoms with Crippen LogP contribution in [-0.4, -0.2) is 17.5 Å². The fraction of sp³-hybridized carbons (Fsp3) is 0.316. The zero-order valence-corrected chi connectivity index (χ0v) is 14.6. The maximum atomic E-state index is 12.5. The summed E-state index contributed by atoms with van der Waals surface area (Å²) in [6.45, 7) is 2.78. The summed E-state index contributed by atoms with van der Waals surface area (Å²) in [5, 5.41) is 48.4. The van der Waals surface area contributed by atoms with Gasteiger partial charge in [0.05, 0.1) is 41.4 Å². The van der Waals surface area contributed by atoms with Gasteiger partial charge < -0.3 is 20.0 Å². The molecule has 1 aliphatic heterocycles. The molecule has 0 spiro atoms. The second-order valence-corrected chi connectivity index (χ2v) is 6.23. The van der Waals surface area contributed by atoms with Gasteiger partial charge in [0.1, 0.15) is 0 Å². The van der Waals surface area contributed by atoms with Crippen LogP contribution in [0.15, 0.2) is 41.9 Å². The molecular formula is C19H15N4O4-. The Kier molecular flexibility index (Phi) is 5.48. The molecule has 0 fully saturated rings. The molecule has 27 heavy (non-hydrogen) atoms. The first-order valence-corrected chi connectivity index (χ1v) is 7.91. The molecule has 0 saturated carbocycles. The van der Waals surface area contributed by atoms with Crippen molar-refractivity contribution in [1.29, 1.82) is 21.2 Å². The number of carbonyl (C=O) groups is 1. The van der Waals surface area contributed by atoms with Gasteiger partial charge in [0.2, 0.25) is 0 Å². The molecule has 0 unspecified atom stereocenters. The van der Waals surface area contributed by atoms with Crippen LogP contribution >= 0.6 is 0 Å². The molecule has 2 rings (SSSR count). The fourth-order valence-electron chi connectivity index (χ4n) is 2.77. The minimum absolute atomic E-state index is 0.382. The third-order valence-corrected chi connectivity index (χ3v) is 3.96. The van der Waals surface area contributed by atoms with Crippen molar-refractivity contribution in [3.63, 3.8) is 0 Å². The van der Waals surface area contributed by atoms with E-state index in [1.54, 1.807) is 42.5 Å². The molecule has 8 heteroatoms. The Morgan fingerprint density at radius 1 is 1.11 bits per heavy atom. The minimum atomic E-state index is -1.49. The zero-order valence-electron chi connectivity index (χ0n) is 14.6. The van der Waals surface area contributed by atoms with Gasteiger partial charge in [0.25, 0.3) is 0 Å². The molecule has 2 atom stereocenters. The summed E-state index contributed by atoms with van der Waals surface area (Å²) in [6, 6.07) is 13.2. The Hall–Kier alpha value is -3.83. The topological polar surface area (TPSA) is 154 Å². The Morgan fingerprint density at radius 3 is 2.19 bits per heavy atom. The van der Waals surface area contributed by atoms with E-state index >= 15 is 0 Å². The largest absolute Gasteiger partial charge is 0.575 e. The monoisotopic (exact) mass is 363 g/mol. The number of ether oxygens (including phenoxy) is 2. The van der Waals surface area contributed by atoms with Crippen LogP contribution in [0.4, 0.5) is 0 Å². The molecule has 136 valence electrons. The second-order valence-electron chi connectivity index (χ2n) is 6.23. The van der Waals surface area contributed by atoms with Crippen molar-refractivity contribution in [2.24, 2.45) is 11.8 Å². The molecule has 1 aromatic carbocycles. The van der Waals surface area contributed by atoms with Gasteiger partial charge >= 0.3 is 5.97 Å². The van der Waals surface area contributed by atoms with Crippen LogP contribution in [-0.2, 0) is 14.3 Å². The van der Waals surface area contributed by atoms with E-state index in [1.165, 1.54) is 13.8 Å². The number of rotatable bonds is 5. The number of cyclic esters (lactones) is 1. The van der Waals surface area contributed by atoms with Crippen molar-refractivity contribution in [2.45, 2.75) is 25.6 Å². The van der Waals surface area contributed by atoms with E-state index in [-0.39, 0.29) is 0 Å². The van der Waals surface area contributed by atoms with Gasteiger partial charge in [0, 0.05) is 5.92 Å². The summed E-state index contributed by atoms with van der Waals surface area (Å²) in [6.07, 6.45) is 0. The average Bonchev–Trinajstić information content (AvgIpc) is 2.61. The predicted octanol–water partition coefficient (Wildman–Crippen LogP) is 1.47. The molecule has 0 amide bonds. The standard InChI is InChI=1S/C19H16N4O4/c1-19(2)26-17(24)15(18(25)27-19)14(11-6-4-3-5-7-11)13(10-22)16(23)12(8-20)9-21/h3-7,12-14,23-24H,1-2H3/p-1/t13-,14-/m0/s1. The summed E-state index contributed by atoms with van der Waals surface area (Å²) in [5.74, 6) is -7.52. The maximum Gasteiger partial charge on any atom is 0.337 e. The molecule has 1 heterocycles. The van der Waals surface area contributed by atoms with Crippen molar-refractivity contribution < 1.29 is 19.4 Å². The van der Waals surface area contributed by atoms with Crippen LogP contribution in [0, 0.1) is 51.2 Å². The van der Waals surface area contributed by atoms with Crippen LogP contribution in [0.1, 0.15) is 25.3 Å². The van der Waals surface area contributed by atoms with Crippen LogP contribution in [0.25, 0.3) is 0 Å². The number of nitriles is 3. The van der Waals surface area contributed by atoms with Gasteiger partial charge in [-0.2, -0.15) is 15.8 Å². The van der Waals surface area contributed by atoms with E-state index in [2.05, 4.69) is 0 Å². The summed E-state index contributed by atoms with van der Waals surface area (Å²) in [7, 11) is 0. The molecule has 0 bridgehead atoms. The lowest BCUT2D eigenvalue weighted by molar-refractivity contribution is -0.394. The first-order chi connectivity index (χ1) is 12.8. The first kappa shape index (κ1) is 19.5. The smallest absolute Gasteiger partial charge is 0.337 e. The van der Waals surface area contributed by atoms with Gasteiger partial charge in [-0.05, 0) is 19.4 Å². The minimum Gasteiger partial charge on any atom is -0.575 e. The lowest BCUT2D eigenvalue weighted by atomic mass is 9.76. The van der Waals surface area contributed by atoms with Crippen molar-refractivity contribution in [1.82, 2.24) is 0 Å². The summed E-state index contributed by atoms with van der Waals surface area (Å²) in [4.78, 5) is 12.5. The molecule has 0 saturated heterocycles. The van der Waals surface area contributed by atoms with Crippen LogP contribution in [0.2, 0.25) is 0 Å². The molecule has 1 aliphatic rings. The van der Waals surface area contributed by atoms with Gasteiger partial charge in [-0.3, -0.25) is 0 Å². The number of esters is 1. The molecule has 0 aromatic heterocycles. The summed E-state index contributed by atoms with van der Waals surface area (Å²) >= 11 is 0. The second kappa shape index (κ2) is 7.59. The van der Waals surface area contributed by atoms with Crippen molar-refractivity contribution >= 4 is 11.7 Å². The molecule has 8 nitrogen and oxygen atoms in total. The number of hydrogen-bond donors (Lipinski definition) is 1.